The highest BCUT2D eigenvalue weighted by atomic mass is 19.1. The standard InChI is InChI=1S/C17H18FN3O3/c1-11(23)19-7-14-10-24-20-17(14)13-2-3-16(15(18)6-13)21-5-4-12(8-21)9-22/h2-6,8,20,22H,7,9-10H2,1H3,(H,19,23). The Morgan fingerprint density at radius 1 is 1.46 bits per heavy atom. The van der Waals surface area contributed by atoms with Crippen LogP contribution in [-0.4, -0.2) is 28.7 Å². The van der Waals surface area contributed by atoms with Gasteiger partial charge in [0.2, 0.25) is 5.91 Å². The number of hydroxylamine groups is 1. The Hall–Kier alpha value is -2.64. The van der Waals surface area contributed by atoms with E-state index in [0.717, 1.165) is 5.57 Å². The molecule has 0 bridgehead atoms. The smallest absolute Gasteiger partial charge is 0.217 e. The van der Waals surface area contributed by atoms with Gasteiger partial charge in [-0.15, -0.1) is 0 Å². The zero-order chi connectivity index (χ0) is 17.1. The molecule has 3 rings (SSSR count). The molecular weight excluding hydrogens is 313 g/mol. The number of carbonyl (C=O) groups is 1. The maximum atomic E-state index is 14.5. The minimum absolute atomic E-state index is 0.0899. The van der Waals surface area contributed by atoms with Gasteiger partial charge in [-0.3, -0.25) is 15.1 Å². The molecule has 7 heteroatoms. The summed E-state index contributed by atoms with van der Waals surface area (Å²) in [5.41, 5.74) is 6.03. The summed E-state index contributed by atoms with van der Waals surface area (Å²) in [6.07, 6.45) is 3.37. The monoisotopic (exact) mass is 331 g/mol. The number of benzene rings is 1. The lowest BCUT2D eigenvalue weighted by atomic mass is 10.1. The molecule has 0 fully saturated rings. The summed E-state index contributed by atoms with van der Waals surface area (Å²) in [7, 11) is 0. The van der Waals surface area contributed by atoms with Crippen molar-refractivity contribution < 1.29 is 19.1 Å². The molecule has 1 aliphatic rings. The number of aromatic nitrogens is 1. The lowest BCUT2D eigenvalue weighted by Crippen LogP contribution is -2.23. The van der Waals surface area contributed by atoms with Gasteiger partial charge >= 0.3 is 0 Å². The minimum Gasteiger partial charge on any atom is -0.392 e. The third kappa shape index (κ3) is 3.32. The number of halogens is 1. The van der Waals surface area contributed by atoms with Crippen molar-refractivity contribution in [3.8, 4) is 5.69 Å². The molecule has 0 aliphatic carbocycles. The van der Waals surface area contributed by atoms with E-state index in [-0.39, 0.29) is 12.5 Å². The molecule has 1 aromatic carbocycles. The molecule has 24 heavy (non-hydrogen) atoms. The van der Waals surface area contributed by atoms with Gasteiger partial charge in [0.15, 0.2) is 0 Å². The average molecular weight is 331 g/mol. The van der Waals surface area contributed by atoms with E-state index in [1.165, 1.54) is 13.0 Å². The third-order valence-corrected chi connectivity index (χ3v) is 3.78. The average Bonchev–Trinajstić information content (AvgIpc) is 3.21. The molecule has 6 nitrogen and oxygen atoms in total. The number of hydrogen-bond acceptors (Lipinski definition) is 4. The fourth-order valence-corrected chi connectivity index (χ4v) is 2.53. The Kier molecular flexibility index (Phi) is 4.64. The summed E-state index contributed by atoms with van der Waals surface area (Å²) in [5.74, 6) is -0.532. The van der Waals surface area contributed by atoms with Crippen molar-refractivity contribution in [3.05, 3.63) is 59.2 Å². The van der Waals surface area contributed by atoms with Crippen LogP contribution < -0.4 is 10.8 Å². The molecule has 0 spiro atoms. The summed E-state index contributed by atoms with van der Waals surface area (Å²) in [6.45, 7) is 2.03. The molecule has 1 amide bonds. The number of aliphatic hydroxyl groups excluding tert-OH is 1. The second-order valence-corrected chi connectivity index (χ2v) is 5.53. The van der Waals surface area contributed by atoms with Crippen LogP contribution in [0.4, 0.5) is 4.39 Å². The first-order valence-electron chi connectivity index (χ1n) is 7.51. The summed E-state index contributed by atoms with van der Waals surface area (Å²) in [4.78, 5) is 16.2. The van der Waals surface area contributed by atoms with Crippen molar-refractivity contribution in [1.82, 2.24) is 15.4 Å². The van der Waals surface area contributed by atoms with Crippen molar-refractivity contribution in [2.45, 2.75) is 13.5 Å². The molecular formula is C17H18FN3O3. The Bertz CT molecular complexity index is 798. The largest absolute Gasteiger partial charge is 0.392 e. The zero-order valence-corrected chi connectivity index (χ0v) is 13.2. The summed E-state index contributed by atoms with van der Waals surface area (Å²) >= 11 is 0. The first-order chi connectivity index (χ1) is 11.6. The summed E-state index contributed by atoms with van der Waals surface area (Å²) in [5, 5.41) is 11.8. The first kappa shape index (κ1) is 16.2. The quantitative estimate of drug-likeness (QED) is 0.776. The first-order valence-corrected chi connectivity index (χ1v) is 7.51. The van der Waals surface area contributed by atoms with Crippen LogP contribution in [0.25, 0.3) is 11.4 Å². The molecule has 0 atom stereocenters. The Morgan fingerprint density at radius 2 is 2.29 bits per heavy atom. The fraction of sp³-hybridized carbons (Fsp3) is 0.235. The lowest BCUT2D eigenvalue weighted by Gasteiger charge is -2.10. The van der Waals surface area contributed by atoms with E-state index < -0.39 is 5.82 Å². The third-order valence-electron chi connectivity index (χ3n) is 3.78. The Labute approximate surface area is 138 Å². The highest BCUT2D eigenvalue weighted by Crippen LogP contribution is 2.24. The van der Waals surface area contributed by atoms with E-state index in [9.17, 15) is 9.18 Å². The Balaban J connectivity index is 1.88. The Morgan fingerprint density at radius 3 is 2.96 bits per heavy atom. The normalized spacial score (nSPS) is 14.0. The van der Waals surface area contributed by atoms with Crippen molar-refractivity contribution >= 4 is 11.6 Å². The van der Waals surface area contributed by atoms with Gasteiger partial charge in [-0.1, -0.05) is 6.07 Å². The van der Waals surface area contributed by atoms with E-state index in [1.54, 1.807) is 35.2 Å². The number of nitrogens with zero attached hydrogens (tertiary/aromatic N) is 1. The molecule has 3 N–H and O–H groups in total. The van der Waals surface area contributed by atoms with Crippen LogP contribution >= 0.6 is 0 Å². The van der Waals surface area contributed by atoms with Crippen molar-refractivity contribution in [2.24, 2.45) is 0 Å². The fourth-order valence-electron chi connectivity index (χ4n) is 2.53. The molecule has 0 radical (unpaired) electrons. The molecule has 2 aromatic rings. The van der Waals surface area contributed by atoms with Crippen molar-refractivity contribution in [3.63, 3.8) is 0 Å². The highest BCUT2D eigenvalue weighted by Gasteiger charge is 2.18. The van der Waals surface area contributed by atoms with E-state index in [2.05, 4.69) is 10.8 Å². The van der Waals surface area contributed by atoms with Gasteiger partial charge < -0.3 is 15.0 Å². The zero-order valence-electron chi connectivity index (χ0n) is 13.2. The minimum atomic E-state index is -0.396. The molecule has 1 aliphatic heterocycles. The number of nitrogens with one attached hydrogen (secondary N) is 2. The number of carbonyl (C=O) groups excluding carboxylic acids is 1. The van der Waals surface area contributed by atoms with Crippen LogP contribution in [0.2, 0.25) is 0 Å². The lowest BCUT2D eigenvalue weighted by molar-refractivity contribution is -0.118. The van der Waals surface area contributed by atoms with Gasteiger partial charge in [-0.05, 0) is 23.8 Å². The number of hydrogen-bond donors (Lipinski definition) is 3. The van der Waals surface area contributed by atoms with Crippen molar-refractivity contribution in [1.29, 1.82) is 0 Å². The van der Waals surface area contributed by atoms with E-state index in [4.69, 9.17) is 9.94 Å². The van der Waals surface area contributed by atoms with Crippen LogP contribution in [0.5, 0.6) is 0 Å². The van der Waals surface area contributed by atoms with Crippen LogP contribution in [0.1, 0.15) is 18.1 Å². The molecule has 0 saturated carbocycles. The van der Waals surface area contributed by atoms with Crippen LogP contribution in [0, 0.1) is 5.82 Å². The van der Waals surface area contributed by atoms with Gasteiger partial charge in [-0.25, -0.2) is 4.39 Å². The van der Waals surface area contributed by atoms with E-state index >= 15 is 0 Å². The van der Waals surface area contributed by atoms with Crippen molar-refractivity contribution in [2.75, 3.05) is 13.2 Å². The molecule has 0 unspecified atom stereocenters. The molecule has 0 saturated heterocycles. The van der Waals surface area contributed by atoms with Gasteiger partial charge in [0.25, 0.3) is 0 Å². The van der Waals surface area contributed by atoms with Crippen LogP contribution in [0.15, 0.2) is 42.2 Å². The molecule has 126 valence electrons. The van der Waals surface area contributed by atoms with Gasteiger partial charge in [0, 0.05) is 37.0 Å². The topological polar surface area (TPSA) is 75.5 Å². The van der Waals surface area contributed by atoms with Gasteiger partial charge in [0.1, 0.15) is 5.82 Å². The maximum absolute atomic E-state index is 14.5. The highest BCUT2D eigenvalue weighted by molar-refractivity contribution is 5.75. The van der Waals surface area contributed by atoms with Gasteiger partial charge in [0.05, 0.1) is 24.6 Å². The molecule has 2 heterocycles. The van der Waals surface area contributed by atoms with Crippen LogP contribution in [0.3, 0.4) is 0 Å². The summed E-state index contributed by atoms with van der Waals surface area (Å²) < 4.78 is 16.1. The predicted molar refractivity (Wildman–Crippen MR) is 86.3 cm³/mol. The second-order valence-electron chi connectivity index (χ2n) is 5.53. The van der Waals surface area contributed by atoms with E-state index in [1.807, 2.05) is 0 Å². The number of aliphatic hydroxyl groups is 1. The number of amides is 1. The summed E-state index contributed by atoms with van der Waals surface area (Å²) in [6, 6.07) is 6.59. The predicted octanol–water partition coefficient (Wildman–Crippen LogP) is 1.49. The number of rotatable bonds is 5. The van der Waals surface area contributed by atoms with E-state index in [0.29, 0.717) is 35.7 Å². The van der Waals surface area contributed by atoms with Gasteiger partial charge in [-0.2, -0.15) is 0 Å². The SMILES string of the molecule is CC(=O)NCC1=C(c2ccc(-n3ccc(CO)c3)c(F)c2)NOC1. The van der Waals surface area contributed by atoms with Crippen LogP contribution in [-0.2, 0) is 16.2 Å². The maximum Gasteiger partial charge on any atom is 0.217 e. The second kappa shape index (κ2) is 6.86. The molecule has 1 aromatic heterocycles.